The van der Waals surface area contributed by atoms with Crippen molar-refractivity contribution < 1.29 is 0 Å². The predicted octanol–water partition coefficient (Wildman–Crippen LogP) is 1.39. The molecule has 1 aliphatic rings. The van der Waals surface area contributed by atoms with Gasteiger partial charge in [0.2, 0.25) is 0 Å². The van der Waals surface area contributed by atoms with Gasteiger partial charge in [-0.05, 0) is 25.0 Å². The van der Waals surface area contributed by atoms with Gasteiger partial charge in [0, 0.05) is 25.0 Å². The average molecular weight is 227 g/mol. The summed E-state index contributed by atoms with van der Waals surface area (Å²) in [6.07, 6.45) is 4.21. The Bertz CT molecular complexity index is 347. The van der Waals surface area contributed by atoms with Gasteiger partial charge in [0.15, 0.2) is 0 Å². The summed E-state index contributed by atoms with van der Waals surface area (Å²) >= 11 is 0. The van der Waals surface area contributed by atoms with Crippen LogP contribution in [-0.2, 0) is 0 Å². The zero-order valence-electron chi connectivity index (χ0n) is 8.44. The second kappa shape index (κ2) is 4.98. The van der Waals surface area contributed by atoms with Crippen molar-refractivity contribution in [2.75, 3.05) is 18.0 Å². The van der Waals surface area contributed by atoms with E-state index in [1.807, 2.05) is 12.1 Å². The number of nitrogens with two attached hydrogens (primary N) is 1. The van der Waals surface area contributed by atoms with Crippen LogP contribution in [0.25, 0.3) is 0 Å². The normalized spacial score (nSPS) is 14.8. The molecule has 1 aromatic heterocycles. The Morgan fingerprint density at radius 1 is 1.40 bits per heavy atom. The van der Waals surface area contributed by atoms with Crippen LogP contribution in [0.3, 0.4) is 0 Å². The van der Waals surface area contributed by atoms with Gasteiger partial charge in [-0.25, -0.2) is 0 Å². The van der Waals surface area contributed by atoms with E-state index in [2.05, 4.69) is 9.88 Å². The number of hydrogen-bond donors (Lipinski definition) is 2. The Morgan fingerprint density at radius 3 is 2.67 bits per heavy atom. The first kappa shape index (κ1) is 11.8. The van der Waals surface area contributed by atoms with Crippen LogP contribution in [0, 0.1) is 5.41 Å². The average Bonchev–Trinajstić information content (AvgIpc) is 2.71. The number of pyridine rings is 1. The van der Waals surface area contributed by atoms with Crippen molar-refractivity contribution in [2.45, 2.75) is 12.8 Å². The van der Waals surface area contributed by atoms with Crippen LogP contribution >= 0.6 is 12.4 Å². The van der Waals surface area contributed by atoms with E-state index in [0.717, 1.165) is 18.8 Å². The van der Waals surface area contributed by atoms with Gasteiger partial charge < -0.3 is 10.6 Å². The summed E-state index contributed by atoms with van der Waals surface area (Å²) in [5.74, 6) is 0.0334. The topological polar surface area (TPSA) is 66.0 Å². The lowest BCUT2D eigenvalue weighted by Gasteiger charge is -2.17. The predicted molar refractivity (Wildman–Crippen MR) is 63.9 cm³/mol. The number of anilines is 1. The lowest BCUT2D eigenvalue weighted by atomic mass is 10.3. The van der Waals surface area contributed by atoms with E-state index in [1.54, 1.807) is 6.20 Å². The molecule has 3 N–H and O–H groups in total. The van der Waals surface area contributed by atoms with Crippen molar-refractivity contribution in [3.05, 3.63) is 24.0 Å². The highest BCUT2D eigenvalue weighted by Gasteiger charge is 2.12. The van der Waals surface area contributed by atoms with Crippen LogP contribution in [-0.4, -0.2) is 23.9 Å². The maximum Gasteiger partial charge on any atom is 0.141 e. The van der Waals surface area contributed by atoms with Crippen molar-refractivity contribution >= 4 is 23.9 Å². The van der Waals surface area contributed by atoms with E-state index in [1.165, 1.54) is 12.8 Å². The zero-order chi connectivity index (χ0) is 9.97. The highest BCUT2D eigenvalue weighted by molar-refractivity contribution is 5.93. The third kappa shape index (κ3) is 2.59. The minimum Gasteiger partial charge on any atom is -0.382 e. The Labute approximate surface area is 95.4 Å². The molecule has 0 unspecified atom stereocenters. The first-order chi connectivity index (χ1) is 6.77. The second-order valence-corrected chi connectivity index (χ2v) is 3.51. The fraction of sp³-hybridized carbons (Fsp3) is 0.400. The molecule has 1 fully saturated rings. The molecule has 1 aliphatic heterocycles. The third-order valence-corrected chi connectivity index (χ3v) is 2.49. The van der Waals surface area contributed by atoms with E-state index >= 15 is 0 Å². The van der Waals surface area contributed by atoms with Crippen LogP contribution in [0.1, 0.15) is 18.5 Å². The quantitative estimate of drug-likeness (QED) is 0.592. The molecule has 0 aromatic carbocycles. The molecule has 0 saturated carbocycles. The van der Waals surface area contributed by atoms with E-state index in [4.69, 9.17) is 11.1 Å². The van der Waals surface area contributed by atoms with Gasteiger partial charge in [-0.3, -0.25) is 10.4 Å². The van der Waals surface area contributed by atoms with Crippen molar-refractivity contribution in [3.63, 3.8) is 0 Å². The Hall–Kier alpha value is -1.29. The highest BCUT2D eigenvalue weighted by atomic mass is 35.5. The summed E-state index contributed by atoms with van der Waals surface area (Å²) in [7, 11) is 0. The van der Waals surface area contributed by atoms with Gasteiger partial charge in [0.05, 0.1) is 0 Å². The molecule has 2 rings (SSSR count). The van der Waals surface area contributed by atoms with Crippen LogP contribution in [0.15, 0.2) is 18.3 Å². The first-order valence-corrected chi connectivity index (χ1v) is 4.83. The van der Waals surface area contributed by atoms with E-state index in [-0.39, 0.29) is 18.2 Å². The molecular weight excluding hydrogens is 212 g/mol. The molecule has 15 heavy (non-hydrogen) atoms. The molecule has 0 aliphatic carbocycles. The van der Waals surface area contributed by atoms with E-state index < -0.39 is 0 Å². The monoisotopic (exact) mass is 226 g/mol. The maximum atomic E-state index is 7.30. The number of nitrogen functional groups attached to an aromatic ring is 1. The Morgan fingerprint density at radius 2 is 2.07 bits per heavy atom. The van der Waals surface area contributed by atoms with Gasteiger partial charge in [-0.15, -0.1) is 12.4 Å². The van der Waals surface area contributed by atoms with Crippen LogP contribution in [0.5, 0.6) is 0 Å². The van der Waals surface area contributed by atoms with Gasteiger partial charge in [0.25, 0.3) is 0 Å². The largest absolute Gasteiger partial charge is 0.382 e. The SMILES string of the molecule is Cl.N=C(N)c1cc(N2CCCC2)ccn1. The van der Waals surface area contributed by atoms with Crippen LogP contribution < -0.4 is 10.6 Å². The van der Waals surface area contributed by atoms with Crippen molar-refractivity contribution in [3.8, 4) is 0 Å². The molecule has 0 atom stereocenters. The van der Waals surface area contributed by atoms with Crippen molar-refractivity contribution in [2.24, 2.45) is 5.73 Å². The summed E-state index contributed by atoms with van der Waals surface area (Å²) in [4.78, 5) is 6.33. The lowest BCUT2D eigenvalue weighted by Crippen LogP contribution is -2.19. The smallest absolute Gasteiger partial charge is 0.141 e. The van der Waals surface area contributed by atoms with Gasteiger partial charge >= 0.3 is 0 Å². The standard InChI is InChI=1S/C10H14N4.ClH/c11-10(12)9-7-8(3-4-13-9)14-5-1-2-6-14;/h3-4,7H,1-2,5-6H2,(H3,11,12);1H. The molecule has 1 saturated heterocycles. The number of nitrogens with one attached hydrogen (secondary N) is 1. The number of amidine groups is 1. The fourth-order valence-electron chi connectivity index (χ4n) is 1.74. The van der Waals surface area contributed by atoms with Crippen molar-refractivity contribution in [1.29, 1.82) is 5.41 Å². The first-order valence-electron chi connectivity index (χ1n) is 4.83. The lowest BCUT2D eigenvalue weighted by molar-refractivity contribution is 0.949. The second-order valence-electron chi connectivity index (χ2n) is 3.51. The minimum atomic E-state index is 0. The fourth-order valence-corrected chi connectivity index (χ4v) is 1.74. The summed E-state index contributed by atoms with van der Waals surface area (Å²) in [6, 6.07) is 3.85. The summed E-state index contributed by atoms with van der Waals surface area (Å²) in [6.45, 7) is 2.20. The number of rotatable bonds is 2. The Balaban J connectivity index is 0.00000112. The van der Waals surface area contributed by atoms with Crippen LogP contribution in [0.2, 0.25) is 0 Å². The summed E-state index contributed by atoms with van der Waals surface area (Å²) in [5, 5.41) is 7.30. The molecule has 2 heterocycles. The molecule has 0 amide bonds. The highest BCUT2D eigenvalue weighted by Crippen LogP contribution is 2.19. The van der Waals surface area contributed by atoms with E-state index in [0.29, 0.717) is 5.69 Å². The van der Waals surface area contributed by atoms with E-state index in [9.17, 15) is 0 Å². The Kier molecular flexibility index (Phi) is 3.91. The number of nitrogens with zero attached hydrogens (tertiary/aromatic N) is 2. The van der Waals surface area contributed by atoms with Crippen LogP contribution in [0.4, 0.5) is 5.69 Å². The molecule has 0 bridgehead atoms. The van der Waals surface area contributed by atoms with Gasteiger partial charge in [-0.2, -0.15) is 0 Å². The van der Waals surface area contributed by atoms with Crippen molar-refractivity contribution in [1.82, 2.24) is 4.98 Å². The molecule has 0 radical (unpaired) electrons. The van der Waals surface area contributed by atoms with Gasteiger partial charge in [0.1, 0.15) is 11.5 Å². The zero-order valence-corrected chi connectivity index (χ0v) is 9.26. The van der Waals surface area contributed by atoms with Gasteiger partial charge in [-0.1, -0.05) is 0 Å². The number of aromatic nitrogens is 1. The molecule has 5 heteroatoms. The number of hydrogen-bond acceptors (Lipinski definition) is 3. The summed E-state index contributed by atoms with van der Waals surface area (Å²) in [5.41, 5.74) is 7.08. The third-order valence-electron chi connectivity index (χ3n) is 2.49. The summed E-state index contributed by atoms with van der Waals surface area (Å²) < 4.78 is 0. The number of halogens is 1. The molecule has 0 spiro atoms. The molecule has 1 aromatic rings. The maximum absolute atomic E-state index is 7.30. The minimum absolute atomic E-state index is 0. The molecule has 4 nitrogen and oxygen atoms in total. The molecular formula is C10H15ClN4. The molecule has 82 valence electrons.